The third kappa shape index (κ3) is 5.04. The molecule has 1 aliphatic rings. The van der Waals surface area contributed by atoms with Crippen LogP contribution in [-0.4, -0.2) is 11.1 Å². The van der Waals surface area contributed by atoms with Gasteiger partial charge in [0.25, 0.3) is 0 Å². The van der Waals surface area contributed by atoms with Crippen molar-refractivity contribution < 1.29 is 14.6 Å². The number of aromatic hydroxyl groups is 1. The van der Waals surface area contributed by atoms with Crippen molar-refractivity contribution in [3.63, 3.8) is 0 Å². The van der Waals surface area contributed by atoms with Gasteiger partial charge in [0.15, 0.2) is 11.5 Å². The quantitative estimate of drug-likeness (QED) is 0.438. The summed E-state index contributed by atoms with van der Waals surface area (Å²) in [5, 5.41) is 10.1. The Hall–Kier alpha value is -1.51. The molecule has 1 aliphatic carbocycles. The molecule has 1 aromatic carbocycles. The molecule has 122 valence electrons. The summed E-state index contributed by atoms with van der Waals surface area (Å²) in [4.78, 5) is 12.1. The maximum Gasteiger partial charge on any atom is 0.314 e. The van der Waals surface area contributed by atoms with Gasteiger partial charge in [0, 0.05) is 0 Å². The minimum Gasteiger partial charge on any atom is -0.504 e. The number of hydrogen-bond acceptors (Lipinski definition) is 3. The molecule has 1 saturated carbocycles. The SMILES string of the molecule is CCCCCCc1ccc(OC(=O)C2CCCCC2)c(O)c1. The van der Waals surface area contributed by atoms with Gasteiger partial charge in [-0.2, -0.15) is 0 Å². The summed E-state index contributed by atoms with van der Waals surface area (Å²) >= 11 is 0. The normalized spacial score (nSPS) is 15.7. The van der Waals surface area contributed by atoms with Crippen LogP contribution in [0.5, 0.6) is 11.5 Å². The smallest absolute Gasteiger partial charge is 0.314 e. The number of benzene rings is 1. The van der Waals surface area contributed by atoms with E-state index < -0.39 is 0 Å². The van der Waals surface area contributed by atoms with Crippen molar-refractivity contribution in [2.75, 3.05) is 0 Å². The maximum atomic E-state index is 12.1. The van der Waals surface area contributed by atoms with E-state index in [9.17, 15) is 9.90 Å². The second kappa shape index (κ2) is 8.82. The molecule has 0 heterocycles. The highest BCUT2D eigenvalue weighted by Crippen LogP contribution is 2.30. The van der Waals surface area contributed by atoms with E-state index in [1.54, 1.807) is 12.1 Å². The topological polar surface area (TPSA) is 46.5 Å². The van der Waals surface area contributed by atoms with E-state index in [2.05, 4.69) is 6.92 Å². The molecule has 3 heteroatoms. The average Bonchev–Trinajstić information content (AvgIpc) is 2.55. The van der Waals surface area contributed by atoms with Gasteiger partial charge >= 0.3 is 5.97 Å². The summed E-state index contributed by atoms with van der Waals surface area (Å²) in [7, 11) is 0. The lowest BCUT2D eigenvalue weighted by molar-refractivity contribution is -0.140. The number of esters is 1. The fraction of sp³-hybridized carbons (Fsp3) is 0.632. The van der Waals surface area contributed by atoms with Crippen LogP contribution in [0.2, 0.25) is 0 Å². The van der Waals surface area contributed by atoms with Gasteiger partial charge in [-0.25, -0.2) is 0 Å². The first-order valence-corrected chi connectivity index (χ1v) is 8.74. The number of carbonyl (C=O) groups excluding carboxylic acids is 1. The fourth-order valence-electron chi connectivity index (χ4n) is 3.09. The third-order valence-corrected chi connectivity index (χ3v) is 4.49. The molecule has 0 radical (unpaired) electrons. The predicted octanol–water partition coefficient (Wildman–Crippen LogP) is 5.00. The molecule has 1 fully saturated rings. The molecule has 1 aromatic rings. The zero-order valence-corrected chi connectivity index (χ0v) is 13.6. The Kier molecular flexibility index (Phi) is 6.75. The molecule has 22 heavy (non-hydrogen) atoms. The fourth-order valence-corrected chi connectivity index (χ4v) is 3.09. The molecule has 3 nitrogen and oxygen atoms in total. The minimum atomic E-state index is -0.189. The van der Waals surface area contributed by atoms with Gasteiger partial charge in [0.05, 0.1) is 5.92 Å². The van der Waals surface area contributed by atoms with Crippen LogP contribution in [0.1, 0.15) is 70.3 Å². The molecule has 0 amide bonds. The van der Waals surface area contributed by atoms with Crippen LogP contribution in [0.4, 0.5) is 0 Å². The molecule has 0 aliphatic heterocycles. The van der Waals surface area contributed by atoms with Crippen molar-refractivity contribution in [1.29, 1.82) is 0 Å². The van der Waals surface area contributed by atoms with Crippen molar-refractivity contribution in [3.8, 4) is 11.5 Å². The third-order valence-electron chi connectivity index (χ3n) is 4.49. The highest BCUT2D eigenvalue weighted by Gasteiger charge is 2.23. The van der Waals surface area contributed by atoms with Gasteiger partial charge in [-0.15, -0.1) is 0 Å². The first-order valence-electron chi connectivity index (χ1n) is 8.74. The lowest BCUT2D eigenvalue weighted by atomic mass is 9.89. The van der Waals surface area contributed by atoms with Gasteiger partial charge in [-0.1, -0.05) is 51.5 Å². The number of ether oxygens (including phenoxy) is 1. The molecule has 0 saturated heterocycles. The minimum absolute atomic E-state index is 0.00173. The summed E-state index contributed by atoms with van der Waals surface area (Å²) in [6.45, 7) is 2.20. The molecule has 0 bridgehead atoms. The first kappa shape index (κ1) is 16.9. The van der Waals surface area contributed by atoms with Crippen LogP contribution < -0.4 is 4.74 Å². The number of phenolic OH excluding ortho intramolecular Hbond substituents is 1. The molecule has 0 spiro atoms. The summed E-state index contributed by atoms with van der Waals surface area (Å²) in [6.07, 6.45) is 11.0. The standard InChI is InChI=1S/C19H28O3/c1-2-3-4-6-9-15-12-13-18(17(20)14-15)22-19(21)16-10-7-5-8-11-16/h12-14,16,20H,2-11H2,1H3. The number of rotatable bonds is 7. The Labute approximate surface area is 133 Å². The Morgan fingerprint density at radius 3 is 2.64 bits per heavy atom. The van der Waals surface area contributed by atoms with Gasteiger partial charge in [0.2, 0.25) is 0 Å². The largest absolute Gasteiger partial charge is 0.504 e. The van der Waals surface area contributed by atoms with Gasteiger partial charge in [-0.3, -0.25) is 4.79 Å². The molecule has 1 N–H and O–H groups in total. The van der Waals surface area contributed by atoms with E-state index in [4.69, 9.17) is 4.74 Å². The number of aryl methyl sites for hydroxylation is 1. The van der Waals surface area contributed by atoms with E-state index in [-0.39, 0.29) is 17.6 Å². The lowest BCUT2D eigenvalue weighted by Crippen LogP contribution is -2.22. The van der Waals surface area contributed by atoms with E-state index >= 15 is 0 Å². The first-order chi connectivity index (χ1) is 10.7. The number of carbonyl (C=O) groups is 1. The summed E-state index contributed by atoms with van der Waals surface area (Å²) in [6, 6.07) is 5.41. The second-order valence-corrected chi connectivity index (χ2v) is 6.37. The predicted molar refractivity (Wildman–Crippen MR) is 88.2 cm³/mol. The van der Waals surface area contributed by atoms with Gasteiger partial charge in [0.1, 0.15) is 0 Å². The van der Waals surface area contributed by atoms with Crippen molar-refractivity contribution in [1.82, 2.24) is 0 Å². The molecule has 0 atom stereocenters. The van der Waals surface area contributed by atoms with Crippen LogP contribution >= 0.6 is 0 Å². The average molecular weight is 304 g/mol. The maximum absolute atomic E-state index is 12.1. The summed E-state index contributed by atoms with van der Waals surface area (Å²) in [5.41, 5.74) is 1.10. The Morgan fingerprint density at radius 1 is 1.18 bits per heavy atom. The van der Waals surface area contributed by atoms with Crippen molar-refractivity contribution in [2.45, 2.75) is 71.1 Å². The Balaban J connectivity index is 1.87. The molecular weight excluding hydrogens is 276 g/mol. The van der Waals surface area contributed by atoms with Crippen molar-refractivity contribution in [3.05, 3.63) is 23.8 Å². The summed E-state index contributed by atoms with van der Waals surface area (Å²) in [5.74, 6) is 0.192. The Morgan fingerprint density at radius 2 is 1.95 bits per heavy atom. The van der Waals surface area contributed by atoms with Gasteiger partial charge in [-0.05, 0) is 43.4 Å². The monoisotopic (exact) mass is 304 g/mol. The molecule has 0 unspecified atom stereocenters. The van der Waals surface area contributed by atoms with Crippen molar-refractivity contribution in [2.24, 2.45) is 5.92 Å². The van der Waals surface area contributed by atoms with E-state index in [1.807, 2.05) is 6.07 Å². The zero-order chi connectivity index (χ0) is 15.8. The molecular formula is C19H28O3. The van der Waals surface area contributed by atoms with Crippen LogP contribution in [0, 0.1) is 5.92 Å². The number of unbranched alkanes of at least 4 members (excludes halogenated alkanes) is 3. The highest BCUT2D eigenvalue weighted by molar-refractivity contribution is 5.76. The van der Waals surface area contributed by atoms with Crippen LogP contribution in [0.15, 0.2) is 18.2 Å². The zero-order valence-electron chi connectivity index (χ0n) is 13.6. The van der Waals surface area contributed by atoms with Crippen molar-refractivity contribution >= 4 is 5.97 Å². The van der Waals surface area contributed by atoms with E-state index in [0.29, 0.717) is 5.75 Å². The van der Waals surface area contributed by atoms with E-state index in [1.165, 1.54) is 25.7 Å². The Bertz CT molecular complexity index is 476. The second-order valence-electron chi connectivity index (χ2n) is 6.37. The van der Waals surface area contributed by atoms with E-state index in [0.717, 1.165) is 44.1 Å². The van der Waals surface area contributed by atoms with Crippen LogP contribution in [0.25, 0.3) is 0 Å². The van der Waals surface area contributed by atoms with Gasteiger partial charge < -0.3 is 9.84 Å². The van der Waals surface area contributed by atoms with Crippen LogP contribution in [-0.2, 0) is 11.2 Å². The van der Waals surface area contributed by atoms with Crippen LogP contribution in [0.3, 0.4) is 0 Å². The number of phenols is 1. The highest BCUT2D eigenvalue weighted by atomic mass is 16.5. The number of hydrogen-bond donors (Lipinski definition) is 1. The summed E-state index contributed by atoms with van der Waals surface area (Å²) < 4.78 is 5.39. The molecule has 0 aromatic heterocycles. The molecule has 2 rings (SSSR count). The lowest BCUT2D eigenvalue weighted by Gasteiger charge is -2.20.